The lowest BCUT2D eigenvalue weighted by atomic mass is 9.86. The van der Waals surface area contributed by atoms with E-state index in [2.05, 4.69) is 22.0 Å². The Bertz CT molecular complexity index is 596. The first kappa shape index (κ1) is 16.5. The maximum absolute atomic E-state index is 6.14. The number of piperidine rings is 3. The summed E-state index contributed by atoms with van der Waals surface area (Å²) in [4.78, 5) is 7.12. The number of pyridine rings is 1. The van der Waals surface area contributed by atoms with Gasteiger partial charge in [-0.25, -0.2) is 4.98 Å². The fourth-order valence-corrected chi connectivity index (χ4v) is 3.31. The monoisotopic (exact) mass is 398 g/mol. The van der Waals surface area contributed by atoms with Crippen molar-refractivity contribution in [1.82, 2.24) is 9.88 Å². The number of aromatic nitrogens is 1. The summed E-state index contributed by atoms with van der Waals surface area (Å²) in [5, 5.41) is 1.17. The van der Waals surface area contributed by atoms with Gasteiger partial charge in [-0.2, -0.15) is 0 Å². The molecule has 0 saturated carbocycles. The molecule has 3 fully saturated rings. The first-order chi connectivity index (χ1) is 9.38. The molecule has 0 N–H and O–H groups in total. The van der Waals surface area contributed by atoms with Gasteiger partial charge < -0.3 is 4.74 Å². The van der Waals surface area contributed by atoms with E-state index in [1.807, 2.05) is 24.3 Å². The zero-order valence-electron chi connectivity index (χ0n) is 11.4. The Morgan fingerprint density at radius 3 is 2.52 bits per heavy atom. The van der Waals surface area contributed by atoms with Crippen molar-refractivity contribution in [2.75, 3.05) is 19.6 Å². The Morgan fingerprint density at radius 1 is 1.05 bits per heavy atom. The van der Waals surface area contributed by atoms with Gasteiger partial charge in [0.05, 0.1) is 5.52 Å². The summed E-state index contributed by atoms with van der Waals surface area (Å²) in [5.74, 6) is 1.50. The Labute approximate surface area is 143 Å². The number of para-hydroxylation sites is 1. The summed E-state index contributed by atoms with van der Waals surface area (Å²) in [5.41, 5.74) is 1.02. The maximum Gasteiger partial charge on any atom is 0.214 e. The zero-order valence-corrected chi connectivity index (χ0v) is 13.7. The molecule has 1 aromatic heterocycles. The molecule has 114 valence electrons. The summed E-state index contributed by atoms with van der Waals surface area (Å²) < 4.78 is 6.14. The lowest BCUT2D eigenvalue weighted by Gasteiger charge is -2.44. The highest BCUT2D eigenvalue weighted by Gasteiger charge is 2.35. The van der Waals surface area contributed by atoms with Crippen LogP contribution in [0.3, 0.4) is 0 Å². The first-order valence-corrected chi connectivity index (χ1v) is 7.13. The fraction of sp³-hybridized carbons (Fsp3) is 0.471. The van der Waals surface area contributed by atoms with E-state index in [4.69, 9.17) is 4.74 Å². The number of hydrogen-bond acceptors (Lipinski definition) is 3. The van der Waals surface area contributed by atoms with Crippen LogP contribution in [0.1, 0.15) is 20.3 Å². The van der Waals surface area contributed by atoms with E-state index in [-0.39, 0.29) is 31.4 Å². The van der Waals surface area contributed by atoms with Crippen molar-refractivity contribution in [1.29, 1.82) is 0 Å². The molecule has 21 heavy (non-hydrogen) atoms. The van der Waals surface area contributed by atoms with Crippen LogP contribution in [0.5, 0.6) is 5.88 Å². The van der Waals surface area contributed by atoms with Crippen LogP contribution in [0.15, 0.2) is 36.4 Å². The summed E-state index contributed by atoms with van der Waals surface area (Å²) in [6.07, 6.45) is 2.88. The van der Waals surface area contributed by atoms with Crippen LogP contribution < -0.4 is 4.74 Å². The van der Waals surface area contributed by atoms with Gasteiger partial charge in [-0.05, 0) is 44.0 Å². The third-order valence-corrected chi connectivity index (χ3v) is 4.44. The standard InChI is InChI=1S/C16H18N2O.CH4.HI/c1-2-4-14-12(3-1)5-6-16(17-14)19-15-11-18-9-7-13(15)8-10-18;;/h1-6,13,15H,7-11H2;1H4;1H. The van der Waals surface area contributed by atoms with Crippen LogP contribution in [0.25, 0.3) is 10.9 Å². The molecule has 4 heterocycles. The molecule has 2 bridgehead atoms. The van der Waals surface area contributed by atoms with E-state index in [0.717, 1.165) is 23.9 Å². The maximum atomic E-state index is 6.14. The second kappa shape index (κ2) is 6.92. The van der Waals surface area contributed by atoms with E-state index in [1.54, 1.807) is 0 Å². The first-order valence-electron chi connectivity index (χ1n) is 7.13. The highest BCUT2D eigenvalue weighted by molar-refractivity contribution is 14.0. The number of ether oxygens (including phenoxy) is 1. The van der Waals surface area contributed by atoms with E-state index >= 15 is 0 Å². The zero-order chi connectivity index (χ0) is 12.7. The Balaban J connectivity index is 0.000000807. The minimum absolute atomic E-state index is 0. The number of benzene rings is 1. The van der Waals surface area contributed by atoms with Crippen molar-refractivity contribution in [2.24, 2.45) is 5.92 Å². The highest BCUT2D eigenvalue weighted by atomic mass is 127. The lowest BCUT2D eigenvalue weighted by Crippen LogP contribution is -2.52. The molecule has 4 heteroatoms. The lowest BCUT2D eigenvalue weighted by molar-refractivity contribution is -0.00977. The van der Waals surface area contributed by atoms with Gasteiger partial charge in [-0.1, -0.05) is 25.6 Å². The Kier molecular flexibility index (Phi) is 5.43. The van der Waals surface area contributed by atoms with E-state index < -0.39 is 0 Å². The molecule has 1 unspecified atom stereocenters. The number of halogens is 1. The molecular weight excluding hydrogens is 375 g/mol. The van der Waals surface area contributed by atoms with E-state index in [1.165, 1.54) is 31.3 Å². The SMILES string of the molecule is C.I.c1ccc2nc(OC3CN4CCC3CC4)ccc2c1. The quantitative estimate of drug-likeness (QED) is 0.717. The smallest absolute Gasteiger partial charge is 0.214 e. The average molecular weight is 398 g/mol. The molecule has 1 atom stereocenters. The van der Waals surface area contributed by atoms with Gasteiger partial charge in [0.1, 0.15) is 6.10 Å². The van der Waals surface area contributed by atoms with Gasteiger partial charge in [-0.3, -0.25) is 4.90 Å². The molecule has 0 aliphatic carbocycles. The highest BCUT2D eigenvalue weighted by Crippen LogP contribution is 2.30. The van der Waals surface area contributed by atoms with Crippen LogP contribution in [-0.2, 0) is 0 Å². The van der Waals surface area contributed by atoms with Gasteiger partial charge in [-0.15, -0.1) is 24.0 Å². The van der Waals surface area contributed by atoms with Crippen LogP contribution in [0.4, 0.5) is 0 Å². The molecule has 0 radical (unpaired) electrons. The van der Waals surface area contributed by atoms with E-state index in [9.17, 15) is 0 Å². The Hall–Kier alpha value is -0.880. The third-order valence-electron chi connectivity index (χ3n) is 4.44. The Morgan fingerprint density at radius 2 is 1.81 bits per heavy atom. The molecule has 5 rings (SSSR count). The number of fused-ring (bicyclic) bond motifs is 4. The molecule has 3 aliphatic rings. The van der Waals surface area contributed by atoms with Crippen molar-refractivity contribution in [3.8, 4) is 5.88 Å². The predicted molar refractivity (Wildman–Crippen MR) is 97.5 cm³/mol. The molecule has 0 spiro atoms. The van der Waals surface area contributed by atoms with Crippen molar-refractivity contribution in [3.63, 3.8) is 0 Å². The normalized spacial score (nSPS) is 26.8. The second-order valence-corrected chi connectivity index (χ2v) is 5.64. The number of nitrogens with zero attached hydrogens (tertiary/aromatic N) is 2. The minimum Gasteiger partial charge on any atom is -0.473 e. The predicted octanol–water partition coefficient (Wildman–Crippen LogP) is 3.96. The minimum atomic E-state index is 0. The summed E-state index contributed by atoms with van der Waals surface area (Å²) in [7, 11) is 0. The van der Waals surface area contributed by atoms with Crippen molar-refractivity contribution in [3.05, 3.63) is 36.4 Å². The van der Waals surface area contributed by atoms with Gasteiger partial charge in [0.2, 0.25) is 5.88 Å². The molecule has 3 nitrogen and oxygen atoms in total. The second-order valence-electron chi connectivity index (χ2n) is 5.64. The van der Waals surface area contributed by atoms with Gasteiger partial charge in [0.15, 0.2) is 0 Å². The van der Waals surface area contributed by atoms with Crippen molar-refractivity contribution < 1.29 is 4.74 Å². The van der Waals surface area contributed by atoms with Crippen LogP contribution in [-0.4, -0.2) is 35.6 Å². The largest absolute Gasteiger partial charge is 0.473 e. The molecule has 1 aromatic carbocycles. The molecule has 0 amide bonds. The topological polar surface area (TPSA) is 25.4 Å². The summed E-state index contributed by atoms with van der Waals surface area (Å²) in [6, 6.07) is 12.3. The number of rotatable bonds is 2. The van der Waals surface area contributed by atoms with E-state index in [0.29, 0.717) is 6.10 Å². The van der Waals surface area contributed by atoms with Crippen molar-refractivity contribution in [2.45, 2.75) is 26.4 Å². The fourth-order valence-electron chi connectivity index (χ4n) is 3.31. The summed E-state index contributed by atoms with van der Waals surface area (Å²) in [6.45, 7) is 3.56. The number of hydrogen-bond donors (Lipinski definition) is 0. The van der Waals surface area contributed by atoms with Gasteiger partial charge >= 0.3 is 0 Å². The molecule has 2 aromatic rings. The van der Waals surface area contributed by atoms with Gasteiger partial charge in [0, 0.05) is 18.0 Å². The molecular formula is C17H23IN2O. The van der Waals surface area contributed by atoms with Crippen LogP contribution in [0, 0.1) is 5.92 Å². The average Bonchev–Trinajstić information content (AvgIpc) is 2.48. The molecule has 3 saturated heterocycles. The van der Waals surface area contributed by atoms with Gasteiger partial charge in [0.25, 0.3) is 0 Å². The summed E-state index contributed by atoms with van der Waals surface area (Å²) >= 11 is 0. The van der Waals surface area contributed by atoms with Crippen LogP contribution in [0.2, 0.25) is 0 Å². The molecule has 3 aliphatic heterocycles. The van der Waals surface area contributed by atoms with Crippen LogP contribution >= 0.6 is 24.0 Å². The van der Waals surface area contributed by atoms with Crippen molar-refractivity contribution >= 4 is 34.9 Å². The third kappa shape index (κ3) is 3.31.